The van der Waals surface area contributed by atoms with Crippen LogP contribution >= 0.6 is 0 Å². The number of carbonyl (C=O) groups is 1. The van der Waals surface area contributed by atoms with Crippen LogP contribution in [-0.4, -0.2) is 27.3 Å². The zero-order chi connectivity index (χ0) is 22.2. The summed E-state index contributed by atoms with van der Waals surface area (Å²) >= 11 is 0. The van der Waals surface area contributed by atoms with Crippen LogP contribution < -0.4 is 9.47 Å². The van der Waals surface area contributed by atoms with Crippen LogP contribution in [0.2, 0.25) is 0 Å². The monoisotopic (exact) mass is 429 g/mol. The van der Waals surface area contributed by atoms with Crippen molar-refractivity contribution in [2.75, 3.05) is 0 Å². The van der Waals surface area contributed by atoms with Crippen molar-refractivity contribution >= 4 is 6.09 Å². The maximum atomic E-state index is 12.5. The second-order valence-corrected chi connectivity index (χ2v) is 7.11. The van der Waals surface area contributed by atoms with E-state index in [1.54, 1.807) is 43.6 Å². The number of nitrogens with zero attached hydrogens (tertiary/aromatic N) is 3. The number of amides is 1. The summed E-state index contributed by atoms with van der Waals surface area (Å²) in [6.07, 6.45) is -2.04. The Bertz CT molecular complexity index is 1120. The third-order valence-electron chi connectivity index (χ3n) is 5.03. The van der Waals surface area contributed by atoms with Crippen molar-refractivity contribution in [3.8, 4) is 22.6 Å². The first-order valence-electron chi connectivity index (χ1n) is 9.46. The Labute approximate surface area is 176 Å². The number of halogens is 3. The highest BCUT2D eigenvalue weighted by atomic mass is 19.4. The van der Waals surface area contributed by atoms with Gasteiger partial charge in [0.1, 0.15) is 17.3 Å². The Hall–Kier alpha value is -3.62. The number of hydrogen-bond acceptors (Lipinski definition) is 5. The molecule has 1 aliphatic rings. The van der Waals surface area contributed by atoms with Gasteiger partial charge in [0.25, 0.3) is 0 Å². The number of benzene rings is 2. The summed E-state index contributed by atoms with van der Waals surface area (Å²) in [7, 11) is 0. The number of alkyl halides is 3. The van der Waals surface area contributed by atoms with Crippen LogP contribution in [0.3, 0.4) is 0 Å². The third kappa shape index (κ3) is 4.45. The van der Waals surface area contributed by atoms with Gasteiger partial charge in [0, 0.05) is 18.0 Å². The van der Waals surface area contributed by atoms with Gasteiger partial charge in [0.2, 0.25) is 0 Å². The van der Waals surface area contributed by atoms with E-state index in [1.807, 2.05) is 13.0 Å². The SMILES string of the molecule is Cc1cc(OC(F)(F)F)ccc1-c1ccc2c(c1)C(C)N(Cc1ncccn1)C(=O)O2. The predicted molar refractivity (Wildman–Crippen MR) is 105 cm³/mol. The number of carbonyl (C=O) groups excluding carboxylic acids is 1. The van der Waals surface area contributed by atoms with E-state index in [4.69, 9.17) is 4.74 Å². The largest absolute Gasteiger partial charge is 0.573 e. The summed E-state index contributed by atoms with van der Waals surface area (Å²) in [6, 6.07) is 10.9. The fourth-order valence-electron chi connectivity index (χ4n) is 3.54. The summed E-state index contributed by atoms with van der Waals surface area (Å²) in [5, 5.41) is 0. The molecule has 9 heteroatoms. The van der Waals surface area contributed by atoms with Gasteiger partial charge in [-0.2, -0.15) is 0 Å². The molecule has 3 aromatic rings. The van der Waals surface area contributed by atoms with E-state index < -0.39 is 12.5 Å². The van der Waals surface area contributed by atoms with Crippen molar-refractivity contribution < 1.29 is 27.4 Å². The van der Waals surface area contributed by atoms with Gasteiger partial charge in [-0.3, -0.25) is 4.90 Å². The molecule has 1 amide bonds. The summed E-state index contributed by atoms with van der Waals surface area (Å²) in [5.74, 6) is 0.659. The van der Waals surface area contributed by atoms with Crippen LogP contribution in [0, 0.1) is 6.92 Å². The van der Waals surface area contributed by atoms with Crippen molar-refractivity contribution in [1.29, 1.82) is 0 Å². The molecule has 0 aliphatic carbocycles. The lowest BCUT2D eigenvalue weighted by molar-refractivity contribution is -0.274. The lowest BCUT2D eigenvalue weighted by Gasteiger charge is -2.33. The number of aryl methyl sites for hydroxylation is 1. The van der Waals surface area contributed by atoms with E-state index in [0.717, 1.165) is 16.7 Å². The first-order valence-corrected chi connectivity index (χ1v) is 9.46. The summed E-state index contributed by atoms with van der Waals surface area (Å²) < 4.78 is 46.9. The molecule has 0 bridgehead atoms. The van der Waals surface area contributed by atoms with Crippen molar-refractivity contribution in [3.63, 3.8) is 0 Å². The Morgan fingerprint density at radius 3 is 2.55 bits per heavy atom. The summed E-state index contributed by atoms with van der Waals surface area (Å²) in [6.45, 7) is 3.77. The molecule has 0 fully saturated rings. The smallest absolute Gasteiger partial charge is 0.410 e. The van der Waals surface area contributed by atoms with E-state index >= 15 is 0 Å². The van der Waals surface area contributed by atoms with E-state index in [2.05, 4.69) is 14.7 Å². The average Bonchev–Trinajstić information content (AvgIpc) is 2.71. The van der Waals surface area contributed by atoms with Gasteiger partial charge >= 0.3 is 12.5 Å². The molecule has 0 spiro atoms. The van der Waals surface area contributed by atoms with Crippen LogP contribution in [0.4, 0.5) is 18.0 Å². The molecule has 1 aliphatic heterocycles. The van der Waals surface area contributed by atoms with Gasteiger partial charge in [0.15, 0.2) is 0 Å². The number of ether oxygens (including phenoxy) is 2. The molecule has 1 unspecified atom stereocenters. The van der Waals surface area contributed by atoms with Crippen LogP contribution in [0.5, 0.6) is 11.5 Å². The molecule has 0 radical (unpaired) electrons. The second-order valence-electron chi connectivity index (χ2n) is 7.11. The molecule has 2 heterocycles. The molecule has 160 valence electrons. The number of hydrogen-bond donors (Lipinski definition) is 0. The van der Waals surface area contributed by atoms with Gasteiger partial charge in [-0.05, 0) is 60.9 Å². The van der Waals surface area contributed by atoms with Gasteiger partial charge in [-0.25, -0.2) is 14.8 Å². The molecule has 4 rings (SSSR count). The Kier molecular flexibility index (Phi) is 5.26. The molecule has 0 saturated heterocycles. The van der Waals surface area contributed by atoms with Gasteiger partial charge in [0.05, 0.1) is 12.6 Å². The van der Waals surface area contributed by atoms with Crippen molar-refractivity contribution in [1.82, 2.24) is 14.9 Å². The lowest BCUT2D eigenvalue weighted by atomic mass is 9.95. The fourth-order valence-corrected chi connectivity index (χ4v) is 3.54. The first-order chi connectivity index (χ1) is 14.7. The van der Waals surface area contributed by atoms with E-state index in [-0.39, 0.29) is 18.3 Å². The molecule has 1 aromatic heterocycles. The van der Waals surface area contributed by atoms with Crippen LogP contribution in [-0.2, 0) is 6.54 Å². The zero-order valence-corrected chi connectivity index (χ0v) is 16.7. The standard InChI is InChI=1S/C22H18F3N3O3/c1-13-10-16(31-22(23,24)25)5-6-17(13)15-4-7-19-18(11-15)14(2)28(21(29)30-19)12-20-26-8-3-9-27-20/h3-11,14H,12H2,1-2H3. The Morgan fingerprint density at radius 2 is 1.87 bits per heavy atom. The minimum absolute atomic E-state index is 0.188. The van der Waals surface area contributed by atoms with Gasteiger partial charge in [-0.1, -0.05) is 12.1 Å². The second kappa shape index (κ2) is 7.90. The number of aromatic nitrogens is 2. The molecular formula is C22H18F3N3O3. The van der Waals surface area contributed by atoms with Crippen LogP contribution in [0.1, 0.15) is 29.9 Å². The summed E-state index contributed by atoms with van der Waals surface area (Å²) in [5.41, 5.74) is 2.94. The molecule has 1 atom stereocenters. The lowest BCUT2D eigenvalue weighted by Crippen LogP contribution is -2.39. The van der Waals surface area contributed by atoms with E-state index in [9.17, 15) is 18.0 Å². The van der Waals surface area contributed by atoms with E-state index in [0.29, 0.717) is 17.1 Å². The highest BCUT2D eigenvalue weighted by Crippen LogP contribution is 2.39. The molecule has 31 heavy (non-hydrogen) atoms. The topological polar surface area (TPSA) is 64.5 Å². The highest BCUT2D eigenvalue weighted by Gasteiger charge is 2.33. The minimum Gasteiger partial charge on any atom is -0.410 e. The predicted octanol–water partition coefficient (Wildman–Crippen LogP) is 5.43. The molecular weight excluding hydrogens is 411 g/mol. The van der Waals surface area contributed by atoms with Crippen LogP contribution in [0.25, 0.3) is 11.1 Å². The maximum absolute atomic E-state index is 12.5. The molecule has 6 nitrogen and oxygen atoms in total. The Balaban J connectivity index is 1.64. The first kappa shape index (κ1) is 20.6. The maximum Gasteiger partial charge on any atom is 0.573 e. The normalized spacial score (nSPS) is 16.0. The summed E-state index contributed by atoms with van der Waals surface area (Å²) in [4.78, 5) is 22.3. The van der Waals surface area contributed by atoms with Crippen molar-refractivity contribution in [2.45, 2.75) is 32.8 Å². The average molecular weight is 429 g/mol. The minimum atomic E-state index is -4.75. The third-order valence-corrected chi connectivity index (χ3v) is 5.03. The van der Waals surface area contributed by atoms with Crippen molar-refractivity contribution in [2.24, 2.45) is 0 Å². The quantitative estimate of drug-likeness (QED) is 0.554. The molecule has 0 saturated carbocycles. The zero-order valence-electron chi connectivity index (χ0n) is 16.7. The van der Waals surface area contributed by atoms with Crippen molar-refractivity contribution in [3.05, 3.63) is 71.8 Å². The van der Waals surface area contributed by atoms with Crippen LogP contribution in [0.15, 0.2) is 54.9 Å². The number of fused-ring (bicyclic) bond motifs is 1. The molecule has 0 N–H and O–H groups in total. The van der Waals surface area contributed by atoms with Gasteiger partial charge < -0.3 is 9.47 Å². The van der Waals surface area contributed by atoms with Gasteiger partial charge in [-0.15, -0.1) is 13.2 Å². The highest BCUT2D eigenvalue weighted by molar-refractivity contribution is 5.77. The number of rotatable bonds is 4. The van der Waals surface area contributed by atoms with E-state index in [1.165, 1.54) is 17.0 Å². The Morgan fingerprint density at radius 1 is 1.13 bits per heavy atom. The fraction of sp³-hybridized carbons (Fsp3) is 0.227. The molecule has 2 aromatic carbocycles.